The van der Waals surface area contributed by atoms with Crippen LogP contribution in [0.4, 0.5) is 5.69 Å². The van der Waals surface area contributed by atoms with E-state index < -0.39 is 10.3 Å². The number of nitrogens with zero attached hydrogens (tertiary/aromatic N) is 5. The molecule has 0 amide bonds. The molecular formula is C34H37N5O2S. The monoisotopic (exact) mass is 579 g/mol. The number of aromatic nitrogens is 4. The minimum atomic E-state index is -1.30. The number of rotatable bonds is 9. The number of carbonyl (C=O) groups excluding carboxylic acids is 1. The lowest BCUT2D eigenvalue weighted by atomic mass is 10.0. The van der Waals surface area contributed by atoms with E-state index in [1.165, 1.54) is 6.33 Å². The number of benzene rings is 2. The van der Waals surface area contributed by atoms with Gasteiger partial charge in [0.25, 0.3) is 0 Å². The average Bonchev–Trinajstić information content (AvgIpc) is 3.39. The van der Waals surface area contributed by atoms with Crippen LogP contribution >= 0.6 is 10.3 Å². The van der Waals surface area contributed by atoms with Crippen molar-refractivity contribution in [2.24, 2.45) is 4.99 Å². The molecule has 216 valence electrons. The quantitative estimate of drug-likeness (QED) is 0.133. The van der Waals surface area contributed by atoms with Crippen LogP contribution in [0.1, 0.15) is 60.8 Å². The van der Waals surface area contributed by atoms with Crippen molar-refractivity contribution in [1.82, 2.24) is 19.5 Å². The van der Waals surface area contributed by atoms with E-state index in [1.807, 2.05) is 71.4 Å². The Morgan fingerprint density at radius 2 is 1.57 bits per heavy atom. The van der Waals surface area contributed by atoms with E-state index in [4.69, 9.17) is 9.18 Å². The Labute approximate surface area is 249 Å². The molecule has 0 aliphatic carbocycles. The molecule has 5 rings (SSSR count). The van der Waals surface area contributed by atoms with E-state index in [9.17, 15) is 4.79 Å². The lowest BCUT2D eigenvalue weighted by molar-refractivity contribution is 0.103. The highest BCUT2D eigenvalue weighted by Gasteiger charge is 2.30. The van der Waals surface area contributed by atoms with E-state index >= 15 is 0 Å². The lowest BCUT2D eigenvalue weighted by Gasteiger charge is -2.44. The van der Waals surface area contributed by atoms with Crippen molar-refractivity contribution in [3.8, 4) is 0 Å². The normalized spacial score (nSPS) is 13.1. The van der Waals surface area contributed by atoms with Gasteiger partial charge in [0, 0.05) is 45.4 Å². The maximum Gasteiger partial charge on any atom is 0.196 e. The van der Waals surface area contributed by atoms with Gasteiger partial charge >= 0.3 is 0 Å². The Bertz CT molecular complexity index is 1680. The number of ketones is 1. The molecule has 0 bridgehead atoms. The van der Waals surface area contributed by atoms with Crippen molar-refractivity contribution < 1.29 is 8.98 Å². The molecule has 3 aromatic heterocycles. The van der Waals surface area contributed by atoms with Crippen LogP contribution in [0.25, 0.3) is 11.0 Å². The topological polar surface area (TPSA) is 82.3 Å². The van der Waals surface area contributed by atoms with Crippen LogP contribution in [0.15, 0.2) is 103 Å². The number of pyridine rings is 1. The van der Waals surface area contributed by atoms with Crippen LogP contribution < -0.4 is 0 Å². The fourth-order valence-corrected chi connectivity index (χ4v) is 5.31. The van der Waals surface area contributed by atoms with Gasteiger partial charge in [0.15, 0.2) is 5.78 Å². The summed E-state index contributed by atoms with van der Waals surface area (Å²) >= 11 is 0. The van der Waals surface area contributed by atoms with Gasteiger partial charge in [-0.2, -0.15) is 0 Å². The number of hydrogen-bond donors (Lipinski definition) is 0. The molecule has 0 saturated carbocycles. The van der Waals surface area contributed by atoms with Gasteiger partial charge in [-0.3, -0.25) is 9.78 Å². The van der Waals surface area contributed by atoms with E-state index in [0.29, 0.717) is 34.5 Å². The van der Waals surface area contributed by atoms with Crippen LogP contribution in [0.5, 0.6) is 0 Å². The van der Waals surface area contributed by atoms with E-state index in [-0.39, 0.29) is 16.6 Å². The van der Waals surface area contributed by atoms with Crippen LogP contribution in [-0.4, -0.2) is 54.9 Å². The molecule has 0 N–H and O–H groups in total. The number of carbonyl (C=O) groups is 1. The summed E-state index contributed by atoms with van der Waals surface area (Å²) in [4.78, 5) is 32.0. The minimum absolute atomic E-state index is 0.0357. The molecule has 1 unspecified atom stereocenters. The summed E-state index contributed by atoms with van der Waals surface area (Å²) in [5.74, 6) is -0.159. The van der Waals surface area contributed by atoms with Crippen molar-refractivity contribution in [2.75, 3.05) is 19.1 Å². The van der Waals surface area contributed by atoms with Gasteiger partial charge in [-0.15, -0.1) is 10.3 Å². The largest absolute Gasteiger partial charge is 0.335 e. The maximum absolute atomic E-state index is 13.9. The molecule has 0 aliphatic heterocycles. The molecule has 7 nitrogen and oxygen atoms in total. The SMILES string of the molecule is CC(COS(C)(C)C(C)(C)C)n1cc(C(=O)c2cncc(N=C(c3ccccc3)c3ccccc3)c2)c2cncnc21. The van der Waals surface area contributed by atoms with Gasteiger partial charge in [0.2, 0.25) is 0 Å². The molecule has 0 saturated heterocycles. The predicted molar refractivity (Wildman–Crippen MR) is 173 cm³/mol. The smallest absolute Gasteiger partial charge is 0.196 e. The summed E-state index contributed by atoms with van der Waals surface area (Å²) < 4.78 is 8.51. The first-order valence-electron chi connectivity index (χ1n) is 13.9. The molecule has 1 atom stereocenters. The minimum Gasteiger partial charge on any atom is -0.335 e. The molecule has 0 aliphatic rings. The van der Waals surface area contributed by atoms with E-state index in [1.54, 1.807) is 24.7 Å². The average molecular weight is 580 g/mol. The highest BCUT2D eigenvalue weighted by atomic mass is 32.3. The van der Waals surface area contributed by atoms with Gasteiger partial charge in [-0.05, 0) is 25.5 Å². The second-order valence-corrected chi connectivity index (χ2v) is 15.6. The van der Waals surface area contributed by atoms with Gasteiger partial charge < -0.3 is 8.75 Å². The second-order valence-electron chi connectivity index (χ2n) is 11.6. The van der Waals surface area contributed by atoms with Gasteiger partial charge in [0.1, 0.15) is 12.0 Å². The Morgan fingerprint density at radius 1 is 0.929 bits per heavy atom. The van der Waals surface area contributed by atoms with E-state index in [2.05, 4.69) is 55.2 Å². The lowest BCUT2D eigenvalue weighted by Crippen LogP contribution is -2.27. The molecular weight excluding hydrogens is 542 g/mol. The van der Waals surface area contributed by atoms with Gasteiger partial charge in [-0.1, -0.05) is 81.4 Å². The number of aliphatic imine (C=N–C) groups is 1. The highest BCUT2D eigenvalue weighted by molar-refractivity contribution is 8.29. The third-order valence-corrected chi connectivity index (χ3v) is 11.3. The van der Waals surface area contributed by atoms with Crippen LogP contribution in [0.3, 0.4) is 0 Å². The Morgan fingerprint density at radius 3 is 2.19 bits per heavy atom. The zero-order valence-electron chi connectivity index (χ0n) is 25.0. The highest BCUT2D eigenvalue weighted by Crippen LogP contribution is 2.54. The Kier molecular flexibility index (Phi) is 8.38. The van der Waals surface area contributed by atoms with Crippen molar-refractivity contribution in [1.29, 1.82) is 0 Å². The number of fused-ring (bicyclic) bond motifs is 1. The fraction of sp³-hybridized carbons (Fsp3) is 0.265. The summed E-state index contributed by atoms with van der Waals surface area (Å²) in [5.41, 5.74) is 5.03. The summed E-state index contributed by atoms with van der Waals surface area (Å²) in [6.45, 7) is 9.21. The van der Waals surface area contributed by atoms with Crippen molar-refractivity contribution in [3.05, 3.63) is 120 Å². The third kappa shape index (κ3) is 6.20. The molecule has 3 heterocycles. The number of hydrogen-bond acceptors (Lipinski definition) is 6. The van der Waals surface area contributed by atoms with Crippen LogP contribution in [0.2, 0.25) is 0 Å². The standard InChI is InChI=1S/C34H37N5O2S/c1-24(22-41-42(5,6)34(2,3)4)39-21-30(29-20-36-23-37-33(29)39)32(40)27-17-28(19-35-18-27)38-31(25-13-9-7-10-14-25)26-15-11-8-12-16-26/h7-21,23-24H,22H2,1-6H3. The summed E-state index contributed by atoms with van der Waals surface area (Å²) in [5, 5.41) is 0.694. The first kappa shape index (κ1) is 29.4. The second kappa shape index (κ2) is 12.0. The molecule has 0 radical (unpaired) electrons. The molecule has 5 aromatic rings. The summed E-state index contributed by atoms with van der Waals surface area (Å²) in [7, 11) is -1.30. The predicted octanol–water partition coefficient (Wildman–Crippen LogP) is 7.58. The molecule has 0 spiro atoms. The fourth-order valence-electron chi connectivity index (χ4n) is 4.42. The third-order valence-electron chi connectivity index (χ3n) is 7.61. The zero-order valence-corrected chi connectivity index (χ0v) is 25.8. The Hall–Kier alpha value is -4.14. The first-order valence-corrected chi connectivity index (χ1v) is 16.3. The Balaban J connectivity index is 1.49. The molecule has 42 heavy (non-hydrogen) atoms. The van der Waals surface area contributed by atoms with E-state index in [0.717, 1.165) is 16.8 Å². The molecule has 8 heteroatoms. The maximum atomic E-state index is 13.9. The van der Waals surface area contributed by atoms with Crippen molar-refractivity contribution in [3.63, 3.8) is 0 Å². The van der Waals surface area contributed by atoms with Crippen molar-refractivity contribution >= 4 is 38.5 Å². The molecule has 2 aromatic carbocycles. The van der Waals surface area contributed by atoms with Gasteiger partial charge in [-0.25, -0.2) is 15.0 Å². The first-order chi connectivity index (χ1) is 20.0. The zero-order chi connectivity index (χ0) is 29.9. The van der Waals surface area contributed by atoms with Crippen LogP contribution in [-0.2, 0) is 4.18 Å². The van der Waals surface area contributed by atoms with Crippen LogP contribution in [0, 0.1) is 0 Å². The summed E-state index contributed by atoms with van der Waals surface area (Å²) in [6, 6.07) is 21.8. The van der Waals surface area contributed by atoms with Crippen molar-refractivity contribution in [2.45, 2.75) is 38.5 Å². The summed E-state index contributed by atoms with van der Waals surface area (Å²) in [6.07, 6.45) is 12.7. The van der Waals surface area contributed by atoms with Gasteiger partial charge in [0.05, 0.1) is 35.8 Å². The molecule has 0 fully saturated rings.